The Kier molecular flexibility index (Phi) is 5.66. The molecule has 0 saturated carbocycles. The number of fused-ring (bicyclic) bond motifs is 1. The van der Waals surface area contributed by atoms with Crippen LogP contribution in [0.5, 0.6) is 11.5 Å². The summed E-state index contributed by atoms with van der Waals surface area (Å²) in [6.45, 7) is 3.35. The molecule has 0 aliphatic carbocycles. The number of nitrogens with zero attached hydrogens (tertiary/aromatic N) is 1. The summed E-state index contributed by atoms with van der Waals surface area (Å²) < 4.78 is 10.5. The largest absolute Gasteiger partial charge is 0.454 e. The Balaban J connectivity index is 1.87. The Morgan fingerprint density at radius 1 is 1.41 bits per heavy atom. The van der Waals surface area contributed by atoms with Crippen LogP contribution in [0.25, 0.3) is 0 Å². The fraction of sp³-hybridized carbons (Fsp3) is 0.375. The van der Waals surface area contributed by atoms with E-state index in [1.165, 1.54) is 6.20 Å². The third-order valence-electron chi connectivity index (χ3n) is 3.17. The number of nitrogens with one attached hydrogen (secondary N) is 2. The number of unbranched alkanes of at least 4 members (excludes halogenated alkanes) is 1. The number of carbonyl (C=O) groups excluding carboxylic acids is 1. The van der Waals surface area contributed by atoms with E-state index in [0.717, 1.165) is 24.2 Å². The molecule has 2 N–H and O–H groups in total. The zero-order chi connectivity index (χ0) is 15.8. The highest BCUT2D eigenvalue weighted by atomic mass is 16.7. The molecule has 0 aromatic heterocycles. The van der Waals surface area contributed by atoms with Gasteiger partial charge in [0, 0.05) is 19.3 Å². The molecule has 1 aromatic rings. The fourth-order valence-electron chi connectivity index (χ4n) is 1.94. The highest BCUT2D eigenvalue weighted by Gasteiger charge is 2.13. The molecule has 0 bridgehead atoms. The predicted molar refractivity (Wildman–Crippen MR) is 81.0 cm³/mol. The number of carbonyl (C=O) groups is 1. The van der Waals surface area contributed by atoms with Crippen molar-refractivity contribution in [2.45, 2.75) is 26.3 Å². The molecule has 0 saturated heterocycles. The van der Waals surface area contributed by atoms with Crippen molar-refractivity contribution in [1.29, 1.82) is 5.26 Å². The van der Waals surface area contributed by atoms with Crippen LogP contribution in [0.2, 0.25) is 0 Å². The molecule has 0 atom stereocenters. The number of benzene rings is 1. The second-order valence-electron chi connectivity index (χ2n) is 4.85. The molecule has 6 heteroatoms. The van der Waals surface area contributed by atoms with Crippen LogP contribution < -0.4 is 20.1 Å². The van der Waals surface area contributed by atoms with Crippen molar-refractivity contribution in [3.63, 3.8) is 0 Å². The summed E-state index contributed by atoms with van der Waals surface area (Å²) in [5.41, 5.74) is 1.04. The summed E-state index contributed by atoms with van der Waals surface area (Å²) in [5, 5.41) is 14.7. The van der Waals surface area contributed by atoms with Crippen LogP contribution in [-0.2, 0) is 11.3 Å². The summed E-state index contributed by atoms with van der Waals surface area (Å²) in [7, 11) is 0. The van der Waals surface area contributed by atoms with Gasteiger partial charge in [0.15, 0.2) is 11.5 Å². The molecule has 22 heavy (non-hydrogen) atoms. The van der Waals surface area contributed by atoms with Crippen LogP contribution in [0.1, 0.15) is 25.3 Å². The van der Waals surface area contributed by atoms with E-state index in [-0.39, 0.29) is 18.3 Å². The van der Waals surface area contributed by atoms with Gasteiger partial charge in [0.05, 0.1) is 0 Å². The number of amides is 1. The first-order valence-corrected chi connectivity index (χ1v) is 7.25. The lowest BCUT2D eigenvalue weighted by Crippen LogP contribution is -2.26. The molecular formula is C16H19N3O3. The van der Waals surface area contributed by atoms with Crippen molar-refractivity contribution >= 4 is 5.91 Å². The fourth-order valence-corrected chi connectivity index (χ4v) is 1.94. The molecule has 116 valence electrons. The molecule has 0 radical (unpaired) electrons. The third kappa shape index (κ3) is 4.16. The Bertz CT molecular complexity index is 605. The molecule has 6 nitrogen and oxygen atoms in total. The van der Waals surface area contributed by atoms with Crippen molar-refractivity contribution in [1.82, 2.24) is 10.6 Å². The van der Waals surface area contributed by atoms with Gasteiger partial charge in [0.2, 0.25) is 6.79 Å². The van der Waals surface area contributed by atoms with Gasteiger partial charge in [-0.25, -0.2) is 0 Å². The summed E-state index contributed by atoms with van der Waals surface area (Å²) in [6, 6.07) is 7.51. The Labute approximate surface area is 129 Å². The van der Waals surface area contributed by atoms with Gasteiger partial charge in [-0.15, -0.1) is 0 Å². The molecule has 1 aromatic carbocycles. The van der Waals surface area contributed by atoms with Gasteiger partial charge in [0.1, 0.15) is 11.6 Å². The average Bonchev–Trinajstić information content (AvgIpc) is 2.99. The van der Waals surface area contributed by atoms with E-state index >= 15 is 0 Å². The zero-order valence-corrected chi connectivity index (χ0v) is 12.5. The number of nitriles is 1. The van der Waals surface area contributed by atoms with E-state index in [4.69, 9.17) is 14.7 Å². The number of hydrogen-bond donors (Lipinski definition) is 2. The second-order valence-corrected chi connectivity index (χ2v) is 4.85. The lowest BCUT2D eigenvalue weighted by atomic mass is 10.2. The normalized spacial score (nSPS) is 12.6. The van der Waals surface area contributed by atoms with Crippen molar-refractivity contribution in [3.8, 4) is 17.6 Å². The third-order valence-corrected chi connectivity index (χ3v) is 3.17. The maximum atomic E-state index is 11.8. The minimum absolute atomic E-state index is 0.0665. The number of hydrogen-bond acceptors (Lipinski definition) is 5. The molecule has 1 aliphatic heterocycles. The van der Waals surface area contributed by atoms with Gasteiger partial charge in [-0.1, -0.05) is 19.4 Å². The molecule has 0 fully saturated rings. The topological polar surface area (TPSA) is 83.4 Å². The zero-order valence-electron chi connectivity index (χ0n) is 12.5. The maximum Gasteiger partial charge on any atom is 0.263 e. The van der Waals surface area contributed by atoms with E-state index in [1.807, 2.05) is 31.2 Å². The van der Waals surface area contributed by atoms with E-state index in [0.29, 0.717) is 18.8 Å². The molecule has 1 aliphatic rings. The van der Waals surface area contributed by atoms with E-state index in [1.54, 1.807) is 0 Å². The first-order chi connectivity index (χ1) is 10.7. The van der Waals surface area contributed by atoms with Crippen molar-refractivity contribution in [3.05, 3.63) is 35.5 Å². The Morgan fingerprint density at radius 2 is 2.23 bits per heavy atom. The van der Waals surface area contributed by atoms with E-state index in [9.17, 15) is 4.79 Å². The molecule has 0 unspecified atom stereocenters. The van der Waals surface area contributed by atoms with Gasteiger partial charge >= 0.3 is 0 Å². The maximum absolute atomic E-state index is 11.8. The van der Waals surface area contributed by atoms with E-state index < -0.39 is 0 Å². The quantitative estimate of drug-likeness (QED) is 0.456. The van der Waals surface area contributed by atoms with Crippen molar-refractivity contribution in [2.75, 3.05) is 13.3 Å². The van der Waals surface area contributed by atoms with Gasteiger partial charge in [-0.05, 0) is 24.1 Å². The standard InChI is InChI=1S/C16H19N3O3/c1-2-3-6-19-16(20)13(8-17)10-18-9-12-4-5-14-15(7-12)22-11-21-14/h4-5,7,10,18H,2-3,6,9,11H2,1H3,(H,19,20)/b13-10-. The van der Waals surface area contributed by atoms with Gasteiger partial charge < -0.3 is 20.1 Å². The average molecular weight is 301 g/mol. The van der Waals surface area contributed by atoms with Crippen LogP contribution in [-0.4, -0.2) is 19.2 Å². The molecule has 2 rings (SSSR count). The minimum Gasteiger partial charge on any atom is -0.454 e. The first-order valence-electron chi connectivity index (χ1n) is 7.25. The number of rotatable bonds is 7. The lowest BCUT2D eigenvalue weighted by Gasteiger charge is -2.05. The predicted octanol–water partition coefficient (Wildman–Crippen LogP) is 1.83. The van der Waals surface area contributed by atoms with Crippen LogP contribution in [0, 0.1) is 11.3 Å². The Hall–Kier alpha value is -2.68. The van der Waals surface area contributed by atoms with Crippen LogP contribution >= 0.6 is 0 Å². The lowest BCUT2D eigenvalue weighted by molar-refractivity contribution is -0.117. The van der Waals surface area contributed by atoms with E-state index in [2.05, 4.69) is 10.6 Å². The molecule has 0 spiro atoms. The van der Waals surface area contributed by atoms with Crippen LogP contribution in [0.4, 0.5) is 0 Å². The summed E-state index contributed by atoms with van der Waals surface area (Å²) >= 11 is 0. The number of ether oxygens (including phenoxy) is 2. The second kappa shape index (κ2) is 7.93. The molecule has 1 amide bonds. The summed E-state index contributed by atoms with van der Waals surface area (Å²) in [6.07, 6.45) is 3.33. The Morgan fingerprint density at radius 3 is 3.00 bits per heavy atom. The van der Waals surface area contributed by atoms with Gasteiger partial charge in [-0.2, -0.15) is 5.26 Å². The minimum atomic E-state index is -0.353. The summed E-state index contributed by atoms with van der Waals surface area (Å²) in [5.74, 6) is 1.09. The summed E-state index contributed by atoms with van der Waals surface area (Å²) in [4.78, 5) is 11.8. The monoisotopic (exact) mass is 301 g/mol. The van der Waals surface area contributed by atoms with Crippen LogP contribution in [0.3, 0.4) is 0 Å². The van der Waals surface area contributed by atoms with Crippen molar-refractivity contribution in [2.24, 2.45) is 0 Å². The molecule has 1 heterocycles. The SMILES string of the molecule is CCCCNC(=O)/C(C#N)=C\NCc1ccc2c(c1)OCO2. The highest BCUT2D eigenvalue weighted by Crippen LogP contribution is 2.32. The first kappa shape index (κ1) is 15.7. The smallest absolute Gasteiger partial charge is 0.263 e. The van der Waals surface area contributed by atoms with Gasteiger partial charge in [0.25, 0.3) is 5.91 Å². The molecular weight excluding hydrogens is 282 g/mol. The van der Waals surface area contributed by atoms with Gasteiger partial charge in [-0.3, -0.25) is 4.79 Å². The van der Waals surface area contributed by atoms with Crippen LogP contribution in [0.15, 0.2) is 30.0 Å². The van der Waals surface area contributed by atoms with Crippen molar-refractivity contribution < 1.29 is 14.3 Å². The highest BCUT2D eigenvalue weighted by molar-refractivity contribution is 5.97.